The van der Waals surface area contributed by atoms with Gasteiger partial charge >= 0.3 is 0 Å². The fourth-order valence-electron chi connectivity index (χ4n) is 3.42. The number of ether oxygens (including phenoxy) is 1. The topological polar surface area (TPSA) is 27.1 Å². The summed E-state index contributed by atoms with van der Waals surface area (Å²) in [6, 6.07) is 6.62. The monoisotopic (exact) mass is 324 g/mol. The maximum absolute atomic E-state index is 6.18. The molecule has 1 heterocycles. The van der Waals surface area contributed by atoms with Crippen LogP contribution in [0.4, 0.5) is 0 Å². The second-order valence-electron chi connectivity index (χ2n) is 5.49. The standard InChI is InChI=1S/C16H21ClN2OS/c1-20-13-8-5-7-12-16(13)18-15(10-17)19(12)11-6-3-4-9-14(11)21-2/h5,7-8,11,14H,3-4,6,9-10H2,1-2H3. The van der Waals surface area contributed by atoms with E-state index in [0.717, 1.165) is 22.6 Å². The summed E-state index contributed by atoms with van der Waals surface area (Å²) in [5, 5.41) is 0.643. The highest BCUT2D eigenvalue weighted by molar-refractivity contribution is 7.99. The molecule has 114 valence electrons. The molecule has 1 aliphatic rings. The SMILES string of the molecule is COc1cccc2c1nc(CCl)n2C1CCCCC1SC. The van der Waals surface area contributed by atoms with Crippen LogP contribution in [0, 0.1) is 0 Å². The number of alkyl halides is 1. The minimum Gasteiger partial charge on any atom is -0.494 e. The van der Waals surface area contributed by atoms with E-state index in [1.54, 1.807) is 7.11 Å². The second-order valence-corrected chi connectivity index (χ2v) is 6.83. The van der Waals surface area contributed by atoms with Crippen molar-refractivity contribution < 1.29 is 4.74 Å². The van der Waals surface area contributed by atoms with Crippen LogP contribution in [0.15, 0.2) is 18.2 Å². The Morgan fingerprint density at radius 3 is 2.90 bits per heavy atom. The number of rotatable bonds is 4. The Morgan fingerprint density at radius 2 is 2.19 bits per heavy atom. The third kappa shape index (κ3) is 2.64. The third-order valence-electron chi connectivity index (χ3n) is 4.40. The van der Waals surface area contributed by atoms with Gasteiger partial charge in [-0.2, -0.15) is 11.8 Å². The molecule has 1 fully saturated rings. The van der Waals surface area contributed by atoms with E-state index in [-0.39, 0.29) is 0 Å². The number of methoxy groups -OCH3 is 1. The van der Waals surface area contributed by atoms with Crippen LogP contribution in [-0.2, 0) is 5.88 Å². The molecule has 0 saturated heterocycles. The molecule has 0 N–H and O–H groups in total. The van der Waals surface area contributed by atoms with E-state index in [2.05, 4.69) is 16.9 Å². The van der Waals surface area contributed by atoms with Gasteiger partial charge in [-0.05, 0) is 31.2 Å². The summed E-state index contributed by atoms with van der Waals surface area (Å²) in [7, 11) is 1.69. The van der Waals surface area contributed by atoms with E-state index in [9.17, 15) is 0 Å². The molecule has 0 radical (unpaired) electrons. The van der Waals surface area contributed by atoms with Crippen LogP contribution in [0.3, 0.4) is 0 Å². The Kier molecular flexibility index (Phi) is 4.65. The predicted octanol–water partition coefficient (Wildman–Crippen LogP) is 4.63. The number of nitrogens with zero attached hydrogens (tertiary/aromatic N) is 2. The van der Waals surface area contributed by atoms with E-state index >= 15 is 0 Å². The molecule has 1 saturated carbocycles. The van der Waals surface area contributed by atoms with Gasteiger partial charge in [-0.15, -0.1) is 11.6 Å². The van der Waals surface area contributed by atoms with Crippen LogP contribution >= 0.6 is 23.4 Å². The zero-order chi connectivity index (χ0) is 14.8. The average molecular weight is 325 g/mol. The number of halogens is 1. The predicted molar refractivity (Wildman–Crippen MR) is 90.7 cm³/mol. The number of para-hydroxylation sites is 1. The number of hydrogen-bond donors (Lipinski definition) is 0. The van der Waals surface area contributed by atoms with Crippen molar-refractivity contribution in [2.45, 2.75) is 42.9 Å². The molecule has 2 aromatic rings. The van der Waals surface area contributed by atoms with Gasteiger partial charge in [0.15, 0.2) is 0 Å². The zero-order valence-electron chi connectivity index (χ0n) is 12.5. The van der Waals surface area contributed by atoms with Crippen LogP contribution in [0.25, 0.3) is 11.0 Å². The van der Waals surface area contributed by atoms with Crippen LogP contribution in [0.2, 0.25) is 0 Å². The van der Waals surface area contributed by atoms with E-state index < -0.39 is 0 Å². The average Bonchev–Trinajstić information content (AvgIpc) is 2.93. The summed E-state index contributed by atoms with van der Waals surface area (Å²) in [6.07, 6.45) is 7.31. The Hall–Kier alpha value is -0.870. The van der Waals surface area contributed by atoms with Gasteiger partial charge in [0.05, 0.1) is 18.5 Å². The number of hydrogen-bond acceptors (Lipinski definition) is 3. The fourth-order valence-corrected chi connectivity index (χ4v) is 4.58. The summed E-state index contributed by atoms with van der Waals surface area (Å²) in [6.45, 7) is 0. The molecule has 3 nitrogen and oxygen atoms in total. The molecule has 3 rings (SSSR count). The lowest BCUT2D eigenvalue weighted by atomic mass is 9.94. The Labute approximate surface area is 135 Å². The minimum atomic E-state index is 0.440. The van der Waals surface area contributed by atoms with Gasteiger partial charge in [-0.25, -0.2) is 4.98 Å². The summed E-state index contributed by atoms with van der Waals surface area (Å²) in [5.41, 5.74) is 2.08. The quantitative estimate of drug-likeness (QED) is 0.767. The molecule has 0 aliphatic heterocycles. The Balaban J connectivity index is 2.15. The first kappa shape index (κ1) is 15.0. The number of fused-ring (bicyclic) bond motifs is 1. The molecule has 0 bridgehead atoms. The largest absolute Gasteiger partial charge is 0.494 e. The van der Waals surface area contributed by atoms with Crippen molar-refractivity contribution in [1.29, 1.82) is 0 Å². The van der Waals surface area contributed by atoms with Gasteiger partial charge in [0.2, 0.25) is 0 Å². The number of benzene rings is 1. The molecule has 0 amide bonds. The number of imidazole rings is 1. The second kappa shape index (κ2) is 6.49. The normalized spacial score (nSPS) is 22.6. The van der Waals surface area contributed by atoms with Gasteiger partial charge in [-0.1, -0.05) is 18.9 Å². The molecule has 21 heavy (non-hydrogen) atoms. The van der Waals surface area contributed by atoms with Gasteiger partial charge in [-0.3, -0.25) is 0 Å². The first-order valence-electron chi connectivity index (χ1n) is 7.42. The third-order valence-corrected chi connectivity index (χ3v) is 5.79. The van der Waals surface area contributed by atoms with Crippen LogP contribution < -0.4 is 4.74 Å². The first-order valence-corrected chi connectivity index (χ1v) is 9.25. The summed E-state index contributed by atoms with van der Waals surface area (Å²) >= 11 is 8.15. The van der Waals surface area contributed by atoms with Gasteiger partial charge in [0.25, 0.3) is 0 Å². The number of aromatic nitrogens is 2. The summed E-state index contributed by atoms with van der Waals surface area (Å²) in [4.78, 5) is 4.74. The van der Waals surface area contributed by atoms with Crippen LogP contribution in [0.1, 0.15) is 37.5 Å². The van der Waals surface area contributed by atoms with Crippen molar-refractivity contribution in [3.05, 3.63) is 24.0 Å². The first-order chi connectivity index (χ1) is 10.3. The van der Waals surface area contributed by atoms with E-state index in [4.69, 9.17) is 21.3 Å². The molecule has 0 spiro atoms. The molecule has 2 atom stereocenters. The lowest BCUT2D eigenvalue weighted by molar-refractivity contribution is 0.366. The maximum atomic E-state index is 6.18. The maximum Gasteiger partial charge on any atom is 0.146 e. The van der Waals surface area contributed by atoms with Crippen LogP contribution in [0.5, 0.6) is 5.75 Å². The van der Waals surface area contributed by atoms with Crippen molar-refractivity contribution >= 4 is 34.4 Å². The van der Waals surface area contributed by atoms with E-state index in [1.807, 2.05) is 23.9 Å². The van der Waals surface area contributed by atoms with Gasteiger partial charge < -0.3 is 9.30 Å². The molecule has 1 aromatic carbocycles. The van der Waals surface area contributed by atoms with Crippen molar-refractivity contribution in [1.82, 2.24) is 9.55 Å². The molecule has 1 aliphatic carbocycles. The summed E-state index contributed by atoms with van der Waals surface area (Å²) in [5.74, 6) is 2.23. The smallest absolute Gasteiger partial charge is 0.146 e. The highest BCUT2D eigenvalue weighted by Gasteiger charge is 2.29. The van der Waals surface area contributed by atoms with E-state index in [1.165, 1.54) is 25.7 Å². The number of thioether (sulfide) groups is 1. The molecule has 5 heteroatoms. The molecule has 2 unspecified atom stereocenters. The highest BCUT2D eigenvalue weighted by atomic mass is 35.5. The van der Waals surface area contributed by atoms with Crippen molar-refractivity contribution in [3.8, 4) is 5.75 Å². The van der Waals surface area contributed by atoms with Crippen molar-refractivity contribution in [2.75, 3.05) is 13.4 Å². The minimum absolute atomic E-state index is 0.440. The van der Waals surface area contributed by atoms with E-state index in [0.29, 0.717) is 17.2 Å². The molecular formula is C16H21ClN2OS. The lowest BCUT2D eigenvalue weighted by Crippen LogP contribution is -2.26. The Morgan fingerprint density at radius 1 is 1.38 bits per heavy atom. The molecule has 1 aromatic heterocycles. The zero-order valence-corrected chi connectivity index (χ0v) is 14.1. The fraction of sp³-hybridized carbons (Fsp3) is 0.562. The lowest BCUT2D eigenvalue weighted by Gasteiger charge is -2.32. The highest BCUT2D eigenvalue weighted by Crippen LogP contribution is 2.39. The van der Waals surface area contributed by atoms with Crippen molar-refractivity contribution in [3.63, 3.8) is 0 Å². The van der Waals surface area contributed by atoms with Crippen molar-refractivity contribution in [2.24, 2.45) is 0 Å². The van der Waals surface area contributed by atoms with Crippen LogP contribution in [-0.4, -0.2) is 28.2 Å². The van der Waals surface area contributed by atoms with Gasteiger partial charge in [0, 0.05) is 11.3 Å². The van der Waals surface area contributed by atoms with Gasteiger partial charge in [0.1, 0.15) is 17.1 Å². The molecular weight excluding hydrogens is 304 g/mol. The Bertz CT molecular complexity index is 628. The summed E-state index contributed by atoms with van der Waals surface area (Å²) < 4.78 is 7.82.